The normalized spacial score (nSPS) is 6.88. The summed E-state index contributed by atoms with van der Waals surface area (Å²) in [7, 11) is 0.417. The molecule has 0 amide bonds. The first-order valence-electron chi connectivity index (χ1n) is 3.00. The molecule has 0 fully saturated rings. The van der Waals surface area contributed by atoms with Gasteiger partial charge in [-0.25, -0.2) is 0 Å². The van der Waals surface area contributed by atoms with Gasteiger partial charge in [0, 0.05) is 15.4 Å². The van der Waals surface area contributed by atoms with Gasteiger partial charge >= 0.3 is 0 Å². The lowest BCUT2D eigenvalue weighted by Crippen LogP contribution is -1.59. The Balaban J connectivity index is 0. The van der Waals surface area contributed by atoms with Crippen LogP contribution >= 0.6 is 11.6 Å². The monoisotopic (exact) mass is 150 g/mol. The molecular weight excluding hydrogens is 136 g/mol. The predicted molar refractivity (Wildman–Crippen MR) is 45.8 cm³/mol. The van der Waals surface area contributed by atoms with E-state index in [9.17, 15) is 0 Å². The third kappa shape index (κ3) is 34.1. The average Bonchev–Trinajstić information content (AvgIpc) is 1.71. The van der Waals surface area contributed by atoms with Crippen LogP contribution in [0.1, 0.15) is 6.42 Å². The minimum Gasteiger partial charge on any atom is -0.126 e. The molecule has 0 unspecified atom stereocenters. The molecule has 0 aliphatic heterocycles. The van der Waals surface area contributed by atoms with Crippen molar-refractivity contribution in [2.45, 2.75) is 19.5 Å². The van der Waals surface area contributed by atoms with Crippen molar-refractivity contribution < 1.29 is 0 Å². The van der Waals surface area contributed by atoms with Crippen LogP contribution < -0.4 is 0 Å². The van der Waals surface area contributed by atoms with Crippen molar-refractivity contribution in [3.63, 3.8) is 0 Å². The molecule has 0 heterocycles. The van der Waals surface area contributed by atoms with Crippen LogP contribution in [0.15, 0.2) is 12.7 Å². The molecule has 0 radical (unpaired) electrons. The zero-order valence-electron chi connectivity index (χ0n) is 5.78. The van der Waals surface area contributed by atoms with Crippen molar-refractivity contribution in [1.82, 2.24) is 0 Å². The molecule has 0 atom stereocenters. The topological polar surface area (TPSA) is 0 Å². The molecule has 0 saturated heterocycles. The summed E-state index contributed by atoms with van der Waals surface area (Å²) in [5.41, 5.74) is 0. The van der Waals surface area contributed by atoms with Crippen LogP contribution in [0.3, 0.4) is 0 Å². The maximum atomic E-state index is 5.23. The van der Waals surface area contributed by atoms with E-state index >= 15 is 0 Å². The number of allylic oxidation sites excluding steroid dienone is 1. The lowest BCUT2D eigenvalue weighted by molar-refractivity contribution is 1.24. The number of alkyl halides is 1. The number of hydrogen-bond acceptors (Lipinski definition) is 0. The fourth-order valence-corrected chi connectivity index (χ4v) is 0.231. The first-order valence-corrected chi connectivity index (χ1v) is 6.36. The van der Waals surface area contributed by atoms with Crippen LogP contribution in [0.2, 0.25) is 13.1 Å². The van der Waals surface area contributed by atoms with E-state index in [2.05, 4.69) is 19.7 Å². The molecule has 8 heavy (non-hydrogen) atoms. The molecule has 0 aromatic heterocycles. The highest BCUT2D eigenvalue weighted by Gasteiger charge is 1.64. The standard InChI is InChI=1S/C4H7Cl.C2H8Si/c1-2-3-4-5;1-3-2/h2H,1,3-4H2;3H2,1-2H3. The summed E-state index contributed by atoms with van der Waals surface area (Å²) in [5.74, 6) is 0.698. The van der Waals surface area contributed by atoms with E-state index in [0.717, 1.165) is 6.42 Å². The summed E-state index contributed by atoms with van der Waals surface area (Å²) >= 11 is 5.23. The summed E-state index contributed by atoms with van der Waals surface area (Å²) in [4.78, 5) is 0. The van der Waals surface area contributed by atoms with Gasteiger partial charge in [-0.3, -0.25) is 0 Å². The lowest BCUT2D eigenvalue weighted by atomic mass is 10.5. The number of hydrogen-bond donors (Lipinski definition) is 0. The SMILES string of the molecule is C=CCCCl.C[SiH2]C. The smallest absolute Gasteiger partial charge is 0.0257 e. The van der Waals surface area contributed by atoms with Gasteiger partial charge in [0.2, 0.25) is 0 Å². The van der Waals surface area contributed by atoms with Gasteiger partial charge in [0.1, 0.15) is 0 Å². The molecule has 0 rings (SSSR count). The van der Waals surface area contributed by atoms with Crippen LogP contribution in [-0.4, -0.2) is 15.4 Å². The van der Waals surface area contributed by atoms with Crippen molar-refractivity contribution in [1.29, 1.82) is 0 Å². The molecule has 0 aromatic carbocycles. The van der Waals surface area contributed by atoms with Gasteiger partial charge in [-0.15, -0.1) is 18.2 Å². The molecule has 50 valence electrons. The second-order valence-electron chi connectivity index (χ2n) is 1.47. The molecular formula is C6H15ClSi. The molecule has 0 N–H and O–H groups in total. The predicted octanol–water partition coefficient (Wildman–Crippen LogP) is 2.05. The highest BCUT2D eigenvalue weighted by molar-refractivity contribution is 6.31. The highest BCUT2D eigenvalue weighted by Crippen LogP contribution is 1.80. The van der Waals surface area contributed by atoms with Crippen LogP contribution in [0.25, 0.3) is 0 Å². The summed E-state index contributed by atoms with van der Waals surface area (Å²) in [5, 5.41) is 0. The number of rotatable bonds is 2. The van der Waals surface area contributed by atoms with E-state index in [1.54, 1.807) is 6.08 Å². The van der Waals surface area contributed by atoms with Gasteiger partial charge in [0.15, 0.2) is 0 Å². The maximum Gasteiger partial charge on any atom is 0.0257 e. The largest absolute Gasteiger partial charge is 0.126 e. The fraction of sp³-hybridized carbons (Fsp3) is 0.667. The minimum absolute atomic E-state index is 0.417. The molecule has 0 aliphatic rings. The van der Waals surface area contributed by atoms with E-state index in [1.165, 1.54) is 0 Å². The Hall–Kier alpha value is 0.247. The van der Waals surface area contributed by atoms with Gasteiger partial charge in [-0.1, -0.05) is 19.2 Å². The van der Waals surface area contributed by atoms with Crippen LogP contribution in [0, 0.1) is 0 Å². The maximum absolute atomic E-state index is 5.23. The van der Waals surface area contributed by atoms with Crippen LogP contribution in [0.4, 0.5) is 0 Å². The Labute approximate surface area is 59.8 Å². The molecule has 0 bridgehead atoms. The Morgan fingerprint density at radius 3 is 2.00 bits per heavy atom. The van der Waals surface area contributed by atoms with Gasteiger partial charge in [-0.2, -0.15) is 0 Å². The van der Waals surface area contributed by atoms with E-state index in [-0.39, 0.29) is 0 Å². The molecule has 0 saturated carbocycles. The molecule has 0 spiro atoms. The lowest BCUT2D eigenvalue weighted by Gasteiger charge is -1.70. The average molecular weight is 151 g/mol. The summed E-state index contributed by atoms with van der Waals surface area (Å²) in [6.45, 7) is 7.99. The van der Waals surface area contributed by atoms with Crippen molar-refractivity contribution in [2.75, 3.05) is 5.88 Å². The molecule has 0 aliphatic carbocycles. The van der Waals surface area contributed by atoms with Crippen LogP contribution in [-0.2, 0) is 0 Å². The second-order valence-corrected chi connectivity index (χ2v) is 3.27. The zero-order chi connectivity index (χ0) is 6.83. The molecule has 0 aromatic rings. The Kier molecular flexibility index (Phi) is 21.8. The van der Waals surface area contributed by atoms with E-state index < -0.39 is 0 Å². The second kappa shape index (κ2) is 15.7. The summed E-state index contributed by atoms with van der Waals surface area (Å²) < 4.78 is 0. The van der Waals surface area contributed by atoms with Crippen molar-refractivity contribution >= 4 is 21.1 Å². The molecule has 0 nitrogen and oxygen atoms in total. The van der Waals surface area contributed by atoms with Gasteiger partial charge < -0.3 is 0 Å². The van der Waals surface area contributed by atoms with Crippen molar-refractivity contribution in [3.8, 4) is 0 Å². The molecule has 2 heteroatoms. The third-order valence-corrected chi connectivity index (χ3v) is 0.531. The first kappa shape index (κ1) is 11.1. The highest BCUT2D eigenvalue weighted by atomic mass is 35.5. The van der Waals surface area contributed by atoms with Crippen molar-refractivity contribution in [2.24, 2.45) is 0 Å². The Morgan fingerprint density at radius 2 is 2.00 bits per heavy atom. The van der Waals surface area contributed by atoms with Gasteiger partial charge in [-0.05, 0) is 6.42 Å². The summed E-state index contributed by atoms with van der Waals surface area (Å²) in [6.07, 6.45) is 2.72. The number of halogens is 1. The van der Waals surface area contributed by atoms with Gasteiger partial charge in [0.05, 0.1) is 0 Å². The zero-order valence-corrected chi connectivity index (χ0v) is 7.95. The summed E-state index contributed by atoms with van der Waals surface area (Å²) in [6, 6.07) is 0. The Bertz CT molecular complexity index is 37.5. The van der Waals surface area contributed by atoms with E-state index in [4.69, 9.17) is 11.6 Å². The third-order valence-electron chi connectivity index (χ3n) is 0.313. The quantitative estimate of drug-likeness (QED) is 0.321. The first-order chi connectivity index (χ1) is 3.83. The van der Waals surface area contributed by atoms with Crippen LogP contribution in [0.5, 0.6) is 0 Å². The van der Waals surface area contributed by atoms with Gasteiger partial charge in [0.25, 0.3) is 0 Å². The Morgan fingerprint density at radius 1 is 1.62 bits per heavy atom. The fourth-order valence-electron chi connectivity index (χ4n) is 0.0772. The van der Waals surface area contributed by atoms with E-state index in [0.29, 0.717) is 15.4 Å². The minimum atomic E-state index is 0.417. The van der Waals surface area contributed by atoms with E-state index in [1.807, 2.05) is 0 Å². The van der Waals surface area contributed by atoms with Crippen molar-refractivity contribution in [3.05, 3.63) is 12.7 Å².